The lowest BCUT2D eigenvalue weighted by Gasteiger charge is -2.22. The van der Waals surface area contributed by atoms with Crippen LogP contribution in [0.2, 0.25) is 0 Å². The maximum Gasteiger partial charge on any atom is 0.417 e. The van der Waals surface area contributed by atoms with Gasteiger partial charge in [0.25, 0.3) is 15.9 Å². The van der Waals surface area contributed by atoms with Crippen molar-refractivity contribution >= 4 is 33.4 Å². The average molecular weight is 394 g/mol. The zero-order valence-electron chi connectivity index (χ0n) is 14.0. The molecule has 0 unspecified atom stereocenters. The number of carbonyl (C=O) groups is 2. The third kappa shape index (κ3) is 3.95. The fraction of sp³-hybridized carbons (Fsp3) is 0.294. The minimum absolute atomic E-state index is 0.132. The summed E-state index contributed by atoms with van der Waals surface area (Å²) in [5.74, 6) is -0.487. The van der Waals surface area contributed by atoms with Crippen LogP contribution in [0, 0.1) is 0 Å². The minimum atomic E-state index is -3.80. The molecule has 0 aliphatic carbocycles. The van der Waals surface area contributed by atoms with Crippen molar-refractivity contribution in [1.29, 1.82) is 0 Å². The first-order valence-corrected chi connectivity index (χ1v) is 10.3. The average Bonchev–Trinajstić information content (AvgIpc) is 3.24. The molecule has 1 N–H and O–H groups in total. The van der Waals surface area contributed by atoms with E-state index in [0.29, 0.717) is 5.56 Å². The van der Waals surface area contributed by atoms with Gasteiger partial charge in [-0.1, -0.05) is 37.3 Å². The largest absolute Gasteiger partial charge is 0.439 e. The molecule has 1 atom stereocenters. The highest BCUT2D eigenvalue weighted by Crippen LogP contribution is 2.25. The molecule has 1 fully saturated rings. The fourth-order valence-corrected chi connectivity index (χ4v) is 5.10. The van der Waals surface area contributed by atoms with E-state index >= 15 is 0 Å². The quantitative estimate of drug-likeness (QED) is 0.778. The summed E-state index contributed by atoms with van der Waals surface area (Å²) in [7, 11) is -3.80. The molecule has 138 valence electrons. The van der Waals surface area contributed by atoms with Gasteiger partial charge in [0.2, 0.25) is 0 Å². The van der Waals surface area contributed by atoms with Gasteiger partial charge in [-0.3, -0.25) is 4.79 Å². The summed E-state index contributed by atoms with van der Waals surface area (Å²) in [5.41, 5.74) is 0.649. The number of sulfonamides is 1. The second-order valence-corrected chi connectivity index (χ2v) is 8.83. The SMILES string of the molecule is CCc1ccc(S(=O)(=O)N[C@H](CN2C(=O)COC2=O)c2ccccc2)s1. The summed E-state index contributed by atoms with van der Waals surface area (Å²) < 4.78 is 33.0. The Kier molecular flexibility index (Phi) is 5.40. The Labute approximate surface area is 155 Å². The summed E-state index contributed by atoms with van der Waals surface area (Å²) in [6.07, 6.45) is -0.0179. The predicted octanol–water partition coefficient (Wildman–Crippen LogP) is 2.31. The van der Waals surface area contributed by atoms with E-state index < -0.39 is 28.1 Å². The smallest absolute Gasteiger partial charge is 0.417 e. The number of aryl methyl sites for hydroxylation is 1. The Balaban J connectivity index is 1.88. The first kappa shape index (κ1) is 18.6. The van der Waals surface area contributed by atoms with Crippen LogP contribution >= 0.6 is 11.3 Å². The van der Waals surface area contributed by atoms with Gasteiger partial charge in [0, 0.05) is 4.88 Å². The van der Waals surface area contributed by atoms with Crippen molar-refractivity contribution < 1.29 is 22.7 Å². The monoisotopic (exact) mass is 394 g/mol. The Morgan fingerprint density at radius 2 is 1.92 bits per heavy atom. The van der Waals surface area contributed by atoms with Gasteiger partial charge in [-0.25, -0.2) is 22.8 Å². The first-order valence-electron chi connectivity index (χ1n) is 8.04. The Morgan fingerprint density at radius 1 is 1.19 bits per heavy atom. The molecular weight excluding hydrogens is 376 g/mol. The van der Waals surface area contributed by atoms with Crippen LogP contribution in [-0.4, -0.2) is 38.5 Å². The number of hydrogen-bond acceptors (Lipinski definition) is 6. The van der Waals surface area contributed by atoms with Crippen molar-refractivity contribution in [3.8, 4) is 0 Å². The molecule has 3 rings (SSSR count). The number of carbonyl (C=O) groups excluding carboxylic acids is 2. The van der Waals surface area contributed by atoms with Crippen LogP contribution in [0.3, 0.4) is 0 Å². The van der Waals surface area contributed by atoms with Gasteiger partial charge >= 0.3 is 6.09 Å². The molecule has 9 heteroatoms. The summed E-state index contributed by atoms with van der Waals surface area (Å²) in [6.45, 7) is 1.50. The summed E-state index contributed by atoms with van der Waals surface area (Å²) in [5, 5.41) is 0. The Morgan fingerprint density at radius 3 is 2.50 bits per heavy atom. The van der Waals surface area contributed by atoms with Gasteiger partial charge in [-0.15, -0.1) is 11.3 Å². The van der Waals surface area contributed by atoms with Crippen molar-refractivity contribution in [2.45, 2.75) is 23.6 Å². The number of hydrogen-bond donors (Lipinski definition) is 1. The van der Waals surface area contributed by atoms with Crippen LogP contribution < -0.4 is 4.72 Å². The number of rotatable bonds is 7. The second-order valence-electron chi connectivity index (χ2n) is 5.72. The number of nitrogens with one attached hydrogen (secondary N) is 1. The molecule has 2 aromatic rings. The minimum Gasteiger partial charge on any atom is -0.439 e. The molecule has 1 aliphatic rings. The number of nitrogens with zero attached hydrogens (tertiary/aromatic N) is 1. The fourth-order valence-electron chi connectivity index (χ4n) is 2.57. The van der Waals surface area contributed by atoms with Crippen molar-refractivity contribution in [1.82, 2.24) is 9.62 Å². The summed E-state index contributed by atoms with van der Waals surface area (Å²) in [6, 6.07) is 11.4. The standard InChI is InChI=1S/C17H18N2O5S2/c1-2-13-8-9-16(25-13)26(22,23)18-14(12-6-4-3-5-7-12)10-19-15(20)11-24-17(19)21/h3-9,14,18H,2,10-11H2,1H3/t14-/m1/s1. The number of cyclic esters (lactones) is 1. The molecule has 2 amide bonds. The van der Waals surface area contributed by atoms with E-state index in [1.807, 2.05) is 6.92 Å². The highest BCUT2D eigenvalue weighted by molar-refractivity contribution is 7.91. The van der Waals surface area contributed by atoms with E-state index in [1.165, 1.54) is 11.3 Å². The summed E-state index contributed by atoms with van der Waals surface area (Å²) in [4.78, 5) is 25.5. The maximum atomic E-state index is 12.8. The molecule has 2 heterocycles. The highest BCUT2D eigenvalue weighted by atomic mass is 32.2. The number of benzene rings is 1. The van der Waals surface area contributed by atoms with E-state index in [2.05, 4.69) is 4.72 Å². The Hall–Kier alpha value is -2.23. The topological polar surface area (TPSA) is 92.8 Å². The molecular formula is C17H18N2O5S2. The number of amides is 2. The molecule has 1 saturated heterocycles. The van der Waals surface area contributed by atoms with Crippen LogP contribution in [0.4, 0.5) is 4.79 Å². The zero-order chi connectivity index (χ0) is 18.7. The third-order valence-electron chi connectivity index (χ3n) is 3.96. The zero-order valence-corrected chi connectivity index (χ0v) is 15.7. The molecule has 1 aromatic heterocycles. The lowest BCUT2D eigenvalue weighted by atomic mass is 10.1. The second kappa shape index (κ2) is 7.56. The maximum absolute atomic E-state index is 12.8. The number of imide groups is 1. The molecule has 1 aliphatic heterocycles. The molecule has 0 bridgehead atoms. The van der Waals surface area contributed by atoms with Gasteiger partial charge in [0.15, 0.2) is 6.61 Å². The number of ether oxygens (including phenoxy) is 1. The Bertz CT molecular complexity index is 892. The van der Waals surface area contributed by atoms with Gasteiger partial charge < -0.3 is 4.74 Å². The van der Waals surface area contributed by atoms with E-state index in [-0.39, 0.29) is 17.4 Å². The molecule has 0 spiro atoms. The van der Waals surface area contributed by atoms with Crippen LogP contribution in [-0.2, 0) is 26.0 Å². The van der Waals surface area contributed by atoms with Gasteiger partial charge in [-0.05, 0) is 24.1 Å². The lowest BCUT2D eigenvalue weighted by molar-refractivity contribution is -0.126. The van der Waals surface area contributed by atoms with Crippen molar-refractivity contribution in [2.24, 2.45) is 0 Å². The normalized spacial score (nSPS) is 16.0. The number of thiophene rings is 1. The van der Waals surface area contributed by atoms with Crippen molar-refractivity contribution in [3.05, 3.63) is 52.9 Å². The van der Waals surface area contributed by atoms with Crippen molar-refractivity contribution in [3.63, 3.8) is 0 Å². The van der Waals surface area contributed by atoms with Gasteiger partial charge in [0.1, 0.15) is 4.21 Å². The summed E-state index contributed by atoms with van der Waals surface area (Å²) >= 11 is 1.20. The van der Waals surface area contributed by atoms with E-state index in [9.17, 15) is 18.0 Å². The first-order chi connectivity index (χ1) is 12.4. The van der Waals surface area contributed by atoms with Crippen LogP contribution in [0.25, 0.3) is 0 Å². The molecule has 0 saturated carbocycles. The van der Waals surface area contributed by atoms with Crippen LogP contribution in [0.5, 0.6) is 0 Å². The van der Waals surface area contributed by atoms with E-state index in [4.69, 9.17) is 4.74 Å². The van der Waals surface area contributed by atoms with Gasteiger partial charge in [-0.2, -0.15) is 0 Å². The van der Waals surface area contributed by atoms with Crippen LogP contribution in [0.15, 0.2) is 46.7 Å². The van der Waals surface area contributed by atoms with Gasteiger partial charge in [0.05, 0.1) is 12.6 Å². The van der Waals surface area contributed by atoms with Crippen LogP contribution in [0.1, 0.15) is 23.4 Å². The molecule has 1 aromatic carbocycles. The highest BCUT2D eigenvalue weighted by Gasteiger charge is 2.35. The van der Waals surface area contributed by atoms with Crippen molar-refractivity contribution in [2.75, 3.05) is 13.2 Å². The molecule has 7 nitrogen and oxygen atoms in total. The lowest BCUT2D eigenvalue weighted by Crippen LogP contribution is -2.40. The van der Waals surface area contributed by atoms with E-state index in [1.54, 1.807) is 42.5 Å². The molecule has 0 radical (unpaired) electrons. The van der Waals surface area contributed by atoms with E-state index in [0.717, 1.165) is 16.2 Å². The molecule has 26 heavy (non-hydrogen) atoms. The predicted molar refractivity (Wildman–Crippen MR) is 96.3 cm³/mol. The third-order valence-corrected chi connectivity index (χ3v) is 7.15.